The molecule has 7 heteroatoms. The highest BCUT2D eigenvalue weighted by atomic mass is 16.2. The first-order chi connectivity index (χ1) is 11.7. The van der Waals surface area contributed by atoms with Gasteiger partial charge in [0.25, 0.3) is 5.91 Å². The predicted octanol–water partition coefficient (Wildman–Crippen LogP) is 2.41. The number of hydrogen-bond acceptors (Lipinski definition) is 3. The Hall–Kier alpha value is -2.83. The van der Waals surface area contributed by atoms with Crippen LogP contribution in [0.15, 0.2) is 30.6 Å². The van der Waals surface area contributed by atoms with E-state index in [0.29, 0.717) is 24.3 Å². The minimum absolute atomic E-state index is 0.0562. The summed E-state index contributed by atoms with van der Waals surface area (Å²) in [5.41, 5.74) is 2.05. The normalized spacial score (nSPS) is 19.8. The molecule has 0 radical (unpaired) electrons. The Morgan fingerprint density at radius 2 is 2.25 bits per heavy atom. The molecule has 1 aromatic carbocycles. The second-order valence-corrected chi connectivity index (χ2v) is 6.13. The summed E-state index contributed by atoms with van der Waals surface area (Å²) in [5, 5.41) is 5.71. The summed E-state index contributed by atoms with van der Waals surface area (Å²) in [4.78, 5) is 34.0. The van der Waals surface area contributed by atoms with Crippen molar-refractivity contribution < 1.29 is 9.59 Å². The van der Waals surface area contributed by atoms with Gasteiger partial charge >= 0.3 is 6.03 Å². The number of imidazole rings is 1. The van der Waals surface area contributed by atoms with Crippen LogP contribution in [0.1, 0.15) is 47.1 Å². The number of hydrogen-bond donors (Lipinski definition) is 3. The van der Waals surface area contributed by atoms with Gasteiger partial charge in [0.1, 0.15) is 5.82 Å². The van der Waals surface area contributed by atoms with Crippen molar-refractivity contribution in [1.82, 2.24) is 20.2 Å². The zero-order valence-corrected chi connectivity index (χ0v) is 13.2. The van der Waals surface area contributed by atoms with Crippen molar-refractivity contribution >= 4 is 17.6 Å². The lowest BCUT2D eigenvalue weighted by molar-refractivity contribution is 0.0966. The third-order valence-electron chi connectivity index (χ3n) is 4.66. The van der Waals surface area contributed by atoms with Gasteiger partial charge < -0.3 is 20.5 Å². The summed E-state index contributed by atoms with van der Waals surface area (Å²) in [6, 6.07) is 5.28. The fourth-order valence-electron chi connectivity index (χ4n) is 3.49. The number of likely N-dealkylation sites (tertiary alicyclic amines) is 1. The number of nitrogens with zero attached hydrogens (tertiary/aromatic N) is 2. The highest BCUT2D eigenvalue weighted by Gasteiger charge is 2.31. The zero-order valence-electron chi connectivity index (χ0n) is 13.2. The number of nitrogens with one attached hydrogen (secondary N) is 3. The number of urea groups is 1. The van der Waals surface area contributed by atoms with Gasteiger partial charge in [-0.2, -0.15) is 0 Å². The zero-order chi connectivity index (χ0) is 16.5. The predicted molar refractivity (Wildman–Crippen MR) is 88.5 cm³/mol. The Bertz CT molecular complexity index is 771. The summed E-state index contributed by atoms with van der Waals surface area (Å²) in [5.74, 6) is 0.669. The van der Waals surface area contributed by atoms with E-state index in [1.807, 2.05) is 12.1 Å². The van der Waals surface area contributed by atoms with Crippen LogP contribution in [0.25, 0.3) is 0 Å². The van der Waals surface area contributed by atoms with Crippen molar-refractivity contribution in [1.29, 1.82) is 0 Å². The molecule has 3 N–H and O–H groups in total. The van der Waals surface area contributed by atoms with Crippen LogP contribution < -0.4 is 10.6 Å². The van der Waals surface area contributed by atoms with Crippen LogP contribution in [0.2, 0.25) is 0 Å². The number of piperidine rings is 1. The molecule has 1 atom stereocenters. The minimum Gasteiger partial charge on any atom is -0.348 e. The number of rotatable bonds is 2. The lowest BCUT2D eigenvalue weighted by Crippen LogP contribution is -2.41. The number of carbonyl (C=O) groups excluding carboxylic acids is 2. The molecule has 124 valence electrons. The van der Waals surface area contributed by atoms with E-state index < -0.39 is 0 Å². The molecule has 3 amide bonds. The van der Waals surface area contributed by atoms with Crippen LogP contribution in [0.3, 0.4) is 0 Å². The van der Waals surface area contributed by atoms with Crippen molar-refractivity contribution in [3.05, 3.63) is 47.5 Å². The topological polar surface area (TPSA) is 90.1 Å². The lowest BCUT2D eigenvalue weighted by Gasteiger charge is -2.34. The quantitative estimate of drug-likeness (QED) is 0.792. The molecule has 1 fully saturated rings. The Morgan fingerprint density at radius 1 is 1.33 bits per heavy atom. The largest absolute Gasteiger partial charge is 0.348 e. The summed E-state index contributed by atoms with van der Waals surface area (Å²) >= 11 is 0. The van der Waals surface area contributed by atoms with E-state index in [9.17, 15) is 9.59 Å². The maximum Gasteiger partial charge on any atom is 0.322 e. The maximum atomic E-state index is 12.8. The Morgan fingerprint density at radius 3 is 3.08 bits per heavy atom. The van der Waals surface area contributed by atoms with Crippen molar-refractivity contribution in [3.63, 3.8) is 0 Å². The average molecular weight is 325 g/mol. The van der Waals surface area contributed by atoms with Crippen LogP contribution in [-0.2, 0) is 6.54 Å². The maximum absolute atomic E-state index is 12.8. The van der Waals surface area contributed by atoms with Crippen LogP contribution in [0.4, 0.5) is 10.5 Å². The Labute approximate surface area is 139 Å². The van der Waals surface area contributed by atoms with Gasteiger partial charge in [0.15, 0.2) is 0 Å². The van der Waals surface area contributed by atoms with E-state index in [0.717, 1.165) is 30.7 Å². The van der Waals surface area contributed by atoms with E-state index >= 15 is 0 Å². The van der Waals surface area contributed by atoms with Gasteiger partial charge in [-0.15, -0.1) is 0 Å². The molecule has 1 saturated heterocycles. The molecule has 2 aliphatic rings. The van der Waals surface area contributed by atoms with E-state index in [4.69, 9.17) is 0 Å². The van der Waals surface area contributed by atoms with Gasteiger partial charge in [-0.05, 0) is 30.9 Å². The molecule has 7 nitrogen and oxygen atoms in total. The minimum atomic E-state index is -0.191. The number of anilines is 1. The summed E-state index contributed by atoms with van der Waals surface area (Å²) < 4.78 is 0. The van der Waals surface area contributed by atoms with Crippen LogP contribution in [0, 0.1) is 0 Å². The highest BCUT2D eigenvalue weighted by molar-refractivity contribution is 6.06. The third-order valence-corrected chi connectivity index (χ3v) is 4.66. The van der Waals surface area contributed by atoms with Crippen LogP contribution in [-0.4, -0.2) is 33.4 Å². The Balaban J connectivity index is 1.58. The number of aromatic amines is 1. The van der Waals surface area contributed by atoms with E-state index in [1.165, 1.54) is 0 Å². The third kappa shape index (κ3) is 2.51. The fraction of sp³-hybridized carbons (Fsp3) is 0.353. The molecule has 0 unspecified atom stereocenters. The lowest BCUT2D eigenvalue weighted by atomic mass is 10.0. The molecular formula is C17H19N5O2. The van der Waals surface area contributed by atoms with Gasteiger partial charge in [-0.25, -0.2) is 9.78 Å². The molecule has 0 aliphatic carbocycles. The Kier molecular flexibility index (Phi) is 3.68. The second-order valence-electron chi connectivity index (χ2n) is 6.13. The summed E-state index contributed by atoms with van der Waals surface area (Å²) in [6.07, 6.45) is 6.40. The number of aromatic nitrogens is 2. The van der Waals surface area contributed by atoms with E-state index in [1.54, 1.807) is 23.4 Å². The smallest absolute Gasteiger partial charge is 0.322 e. The van der Waals surface area contributed by atoms with Gasteiger partial charge in [0, 0.05) is 25.5 Å². The molecular weight excluding hydrogens is 306 g/mol. The fourth-order valence-corrected chi connectivity index (χ4v) is 3.49. The van der Waals surface area contributed by atoms with Crippen LogP contribution in [0.5, 0.6) is 0 Å². The van der Waals surface area contributed by atoms with Gasteiger partial charge in [-0.3, -0.25) is 4.79 Å². The van der Waals surface area contributed by atoms with Crippen LogP contribution >= 0.6 is 0 Å². The molecule has 3 heterocycles. The van der Waals surface area contributed by atoms with Crippen molar-refractivity contribution in [2.45, 2.75) is 31.8 Å². The van der Waals surface area contributed by atoms with E-state index in [2.05, 4.69) is 20.6 Å². The monoisotopic (exact) mass is 325 g/mol. The van der Waals surface area contributed by atoms with Crippen molar-refractivity contribution in [3.8, 4) is 0 Å². The summed E-state index contributed by atoms with van der Waals surface area (Å²) in [6.45, 7) is 1.19. The SMILES string of the molecule is O=C1NCc2cccc(NC(=O)N3CCCC[C@H]3c3ncc[nH]3)c21. The molecule has 0 saturated carbocycles. The average Bonchev–Trinajstić information content (AvgIpc) is 3.26. The number of amides is 3. The molecule has 4 rings (SSSR count). The van der Waals surface area contributed by atoms with Crippen molar-refractivity contribution in [2.24, 2.45) is 0 Å². The molecule has 24 heavy (non-hydrogen) atoms. The van der Waals surface area contributed by atoms with Gasteiger partial charge in [-0.1, -0.05) is 12.1 Å². The summed E-state index contributed by atoms with van der Waals surface area (Å²) in [7, 11) is 0. The number of benzene rings is 1. The van der Waals surface area contributed by atoms with Crippen molar-refractivity contribution in [2.75, 3.05) is 11.9 Å². The molecule has 0 bridgehead atoms. The van der Waals surface area contributed by atoms with Gasteiger partial charge in [0.05, 0.1) is 17.3 Å². The molecule has 2 aliphatic heterocycles. The first-order valence-electron chi connectivity index (χ1n) is 8.21. The first-order valence-corrected chi connectivity index (χ1v) is 8.21. The first kappa shape index (κ1) is 14.7. The second kappa shape index (κ2) is 5.99. The molecule has 0 spiro atoms. The molecule has 1 aromatic heterocycles. The number of fused-ring (bicyclic) bond motifs is 1. The molecule has 2 aromatic rings. The van der Waals surface area contributed by atoms with Gasteiger partial charge in [0.2, 0.25) is 0 Å². The highest BCUT2D eigenvalue weighted by Crippen LogP contribution is 2.30. The van der Waals surface area contributed by atoms with E-state index in [-0.39, 0.29) is 18.0 Å². The number of carbonyl (C=O) groups is 2. The standard InChI is InChI=1S/C17H19N5O2/c23-16-14-11(10-20-16)4-3-5-12(14)21-17(24)22-9-2-1-6-13(22)15-18-7-8-19-15/h3-5,7-8,13H,1-2,6,9-10H2,(H,18,19)(H,20,23)(H,21,24)/t13-/m0/s1. The number of H-pyrrole nitrogens is 1.